The Kier molecular flexibility index (Phi) is 7.89. The van der Waals surface area contributed by atoms with Crippen LogP contribution in [0.1, 0.15) is 42.3 Å². The fourth-order valence-electron chi connectivity index (χ4n) is 4.39. The number of nitrogens with zero attached hydrogens (tertiary/aromatic N) is 3. The molecule has 1 aliphatic rings. The van der Waals surface area contributed by atoms with E-state index in [4.69, 9.17) is 5.21 Å². The largest absolute Gasteiger partial charge is 0.324 e. The van der Waals surface area contributed by atoms with Crippen molar-refractivity contribution in [1.29, 1.82) is 0 Å². The van der Waals surface area contributed by atoms with Crippen molar-refractivity contribution >= 4 is 17.6 Å². The molecule has 0 radical (unpaired) electrons. The molecule has 2 aromatic carbocycles. The Balaban J connectivity index is 1.84. The first-order valence-corrected chi connectivity index (χ1v) is 11.3. The van der Waals surface area contributed by atoms with Gasteiger partial charge in [-0.3, -0.25) is 19.8 Å². The van der Waals surface area contributed by atoms with Gasteiger partial charge in [-0.25, -0.2) is 19.1 Å². The Labute approximate surface area is 198 Å². The number of carbonyl (C=O) groups excluding carboxylic acids is 2. The van der Waals surface area contributed by atoms with E-state index >= 15 is 0 Å². The first kappa shape index (κ1) is 25.6. The molecule has 3 rings (SSSR count). The first-order valence-electron chi connectivity index (χ1n) is 11.3. The predicted molar refractivity (Wildman–Crippen MR) is 126 cm³/mol. The summed E-state index contributed by atoms with van der Waals surface area (Å²) >= 11 is 0. The lowest BCUT2D eigenvalue weighted by atomic mass is 10.1. The standard InChI is InChI=1S/C25H32F2N4O3/c1-17-6-5-7-22(12-17)30(15-20-8-10-21(11-9-20)23(32)28-34)24(33)29-13-18(2)31(19(3)14-29)16-25(4,26)27/h5-12,18-19,34H,13-16H2,1-4H3,(H,28,32)/t18-,19+. The Morgan fingerprint density at radius 2 is 1.74 bits per heavy atom. The molecule has 184 valence electrons. The molecule has 2 atom stereocenters. The topological polar surface area (TPSA) is 76.1 Å². The number of nitrogens with one attached hydrogen (secondary N) is 1. The van der Waals surface area contributed by atoms with Crippen molar-refractivity contribution < 1.29 is 23.6 Å². The second kappa shape index (κ2) is 10.5. The van der Waals surface area contributed by atoms with Gasteiger partial charge in [-0.1, -0.05) is 24.3 Å². The quantitative estimate of drug-likeness (QED) is 0.484. The smallest absolute Gasteiger partial charge is 0.321 e. The van der Waals surface area contributed by atoms with Crippen LogP contribution < -0.4 is 10.4 Å². The number of rotatable bonds is 6. The van der Waals surface area contributed by atoms with Gasteiger partial charge in [0.1, 0.15) is 0 Å². The summed E-state index contributed by atoms with van der Waals surface area (Å²) in [5.41, 5.74) is 4.43. The van der Waals surface area contributed by atoms with E-state index in [0.29, 0.717) is 18.7 Å². The minimum Gasteiger partial charge on any atom is -0.321 e. The molecular formula is C25H32F2N4O3. The van der Waals surface area contributed by atoms with Gasteiger partial charge in [0.05, 0.1) is 13.1 Å². The summed E-state index contributed by atoms with van der Waals surface area (Å²) < 4.78 is 27.3. The summed E-state index contributed by atoms with van der Waals surface area (Å²) in [5.74, 6) is -3.42. The number of carbonyl (C=O) groups is 2. The summed E-state index contributed by atoms with van der Waals surface area (Å²) in [6, 6.07) is 13.6. The van der Waals surface area contributed by atoms with E-state index in [1.807, 2.05) is 45.0 Å². The number of piperazine rings is 1. The maximum Gasteiger partial charge on any atom is 0.324 e. The van der Waals surface area contributed by atoms with Gasteiger partial charge >= 0.3 is 6.03 Å². The molecule has 0 aliphatic carbocycles. The van der Waals surface area contributed by atoms with Crippen LogP contribution in [0.4, 0.5) is 19.3 Å². The number of amides is 3. The van der Waals surface area contributed by atoms with Gasteiger partial charge in [0.2, 0.25) is 0 Å². The van der Waals surface area contributed by atoms with Crippen molar-refractivity contribution in [2.45, 2.75) is 52.2 Å². The van der Waals surface area contributed by atoms with Crippen molar-refractivity contribution in [2.75, 3.05) is 24.5 Å². The lowest BCUT2D eigenvalue weighted by Crippen LogP contribution is -2.61. The molecule has 9 heteroatoms. The number of halogens is 2. The fraction of sp³-hybridized carbons (Fsp3) is 0.440. The average Bonchev–Trinajstić information content (AvgIpc) is 2.78. The van der Waals surface area contributed by atoms with E-state index < -0.39 is 11.8 Å². The normalized spacial score (nSPS) is 19.1. The van der Waals surface area contributed by atoms with Gasteiger partial charge < -0.3 is 4.90 Å². The van der Waals surface area contributed by atoms with Gasteiger partial charge in [0, 0.05) is 43.3 Å². The van der Waals surface area contributed by atoms with Crippen molar-refractivity contribution in [2.24, 2.45) is 0 Å². The predicted octanol–water partition coefficient (Wildman–Crippen LogP) is 4.29. The zero-order valence-electron chi connectivity index (χ0n) is 20.0. The average molecular weight is 475 g/mol. The molecule has 34 heavy (non-hydrogen) atoms. The molecule has 0 aromatic heterocycles. The lowest BCUT2D eigenvalue weighted by molar-refractivity contribution is -0.0533. The third-order valence-corrected chi connectivity index (χ3v) is 6.03. The molecule has 1 heterocycles. The number of hydroxylamine groups is 1. The summed E-state index contributed by atoms with van der Waals surface area (Å²) in [6.07, 6.45) is 0. The molecule has 0 saturated carbocycles. The third kappa shape index (κ3) is 6.30. The Morgan fingerprint density at radius 3 is 2.26 bits per heavy atom. The minimum atomic E-state index is -2.80. The number of urea groups is 1. The van der Waals surface area contributed by atoms with Crippen LogP contribution in [0.25, 0.3) is 0 Å². The second-order valence-electron chi connectivity index (χ2n) is 9.19. The molecule has 2 aromatic rings. The monoisotopic (exact) mass is 474 g/mol. The zero-order chi connectivity index (χ0) is 25.0. The molecule has 1 fully saturated rings. The highest BCUT2D eigenvalue weighted by molar-refractivity contribution is 5.94. The van der Waals surface area contributed by atoms with Gasteiger partial charge in [0.25, 0.3) is 11.8 Å². The van der Waals surface area contributed by atoms with Crippen molar-refractivity contribution in [1.82, 2.24) is 15.3 Å². The van der Waals surface area contributed by atoms with E-state index in [1.54, 1.807) is 44.4 Å². The first-order chi connectivity index (χ1) is 16.0. The van der Waals surface area contributed by atoms with Crippen molar-refractivity contribution in [3.05, 3.63) is 65.2 Å². The second-order valence-corrected chi connectivity index (χ2v) is 9.19. The fourth-order valence-corrected chi connectivity index (χ4v) is 4.39. The van der Waals surface area contributed by atoms with Gasteiger partial charge in [-0.15, -0.1) is 0 Å². The van der Waals surface area contributed by atoms with E-state index in [0.717, 1.165) is 23.7 Å². The maximum atomic E-state index is 13.7. The lowest BCUT2D eigenvalue weighted by Gasteiger charge is -2.46. The third-order valence-electron chi connectivity index (χ3n) is 6.03. The number of benzene rings is 2. The van der Waals surface area contributed by atoms with Crippen LogP contribution in [-0.2, 0) is 6.54 Å². The SMILES string of the molecule is Cc1cccc(N(Cc2ccc(C(=O)NO)cc2)C(=O)N2C[C@@H](C)N(CC(C)(F)F)[C@@H](C)C2)c1. The van der Waals surface area contributed by atoms with Crippen molar-refractivity contribution in [3.63, 3.8) is 0 Å². The molecule has 0 unspecified atom stereocenters. The summed E-state index contributed by atoms with van der Waals surface area (Å²) in [5, 5.41) is 8.82. The van der Waals surface area contributed by atoms with E-state index in [2.05, 4.69) is 0 Å². The molecule has 7 nitrogen and oxygen atoms in total. The molecule has 3 amide bonds. The zero-order valence-corrected chi connectivity index (χ0v) is 20.0. The molecule has 1 aliphatic heterocycles. The highest BCUT2D eigenvalue weighted by Crippen LogP contribution is 2.26. The molecular weight excluding hydrogens is 442 g/mol. The van der Waals surface area contributed by atoms with Gasteiger partial charge in [0.15, 0.2) is 0 Å². The number of anilines is 1. The maximum absolute atomic E-state index is 13.7. The Bertz CT molecular complexity index is 998. The van der Waals surface area contributed by atoms with Gasteiger partial charge in [-0.05, 0) is 56.2 Å². The van der Waals surface area contributed by atoms with Crippen LogP contribution in [0.5, 0.6) is 0 Å². The summed E-state index contributed by atoms with van der Waals surface area (Å²) in [7, 11) is 0. The van der Waals surface area contributed by atoms with E-state index in [1.165, 1.54) is 0 Å². The summed E-state index contributed by atoms with van der Waals surface area (Å²) in [6.45, 7) is 7.20. The Hall–Kier alpha value is -3.04. The highest BCUT2D eigenvalue weighted by atomic mass is 19.3. The minimum absolute atomic E-state index is 0.204. The molecule has 1 saturated heterocycles. The van der Waals surface area contributed by atoms with Crippen LogP contribution in [0.3, 0.4) is 0 Å². The number of hydrogen-bond acceptors (Lipinski definition) is 4. The van der Waals surface area contributed by atoms with Crippen LogP contribution in [-0.4, -0.2) is 64.6 Å². The van der Waals surface area contributed by atoms with Crippen LogP contribution >= 0.6 is 0 Å². The van der Waals surface area contributed by atoms with E-state index in [-0.39, 0.29) is 31.2 Å². The number of hydrogen-bond donors (Lipinski definition) is 2. The molecule has 0 bridgehead atoms. The van der Waals surface area contributed by atoms with Crippen LogP contribution in [0.15, 0.2) is 48.5 Å². The Morgan fingerprint density at radius 1 is 1.12 bits per heavy atom. The van der Waals surface area contributed by atoms with Crippen LogP contribution in [0, 0.1) is 6.92 Å². The van der Waals surface area contributed by atoms with Gasteiger partial charge in [-0.2, -0.15) is 0 Å². The number of aryl methyl sites for hydroxylation is 1. The van der Waals surface area contributed by atoms with Crippen LogP contribution in [0.2, 0.25) is 0 Å². The number of alkyl halides is 2. The van der Waals surface area contributed by atoms with E-state index in [9.17, 15) is 18.4 Å². The van der Waals surface area contributed by atoms with Crippen molar-refractivity contribution in [3.8, 4) is 0 Å². The molecule has 2 N–H and O–H groups in total. The highest BCUT2D eigenvalue weighted by Gasteiger charge is 2.38. The molecule has 0 spiro atoms. The summed E-state index contributed by atoms with van der Waals surface area (Å²) in [4.78, 5) is 30.5.